The molecule has 0 bridgehead atoms. The van der Waals surface area contributed by atoms with Gasteiger partial charge in [-0.1, -0.05) is 25.2 Å². The molecule has 0 aromatic carbocycles. The molecule has 0 unspecified atom stereocenters. The molecule has 4 aromatic rings. The van der Waals surface area contributed by atoms with E-state index in [-0.39, 0.29) is 5.92 Å². The van der Waals surface area contributed by atoms with Crippen molar-refractivity contribution in [1.82, 2.24) is 34.7 Å². The number of aromatic amines is 1. The van der Waals surface area contributed by atoms with E-state index in [2.05, 4.69) is 45.8 Å². The Bertz CT molecular complexity index is 1390. The number of methoxy groups -OCH3 is 1. The summed E-state index contributed by atoms with van der Waals surface area (Å²) in [7, 11) is 1.65. The molecule has 0 saturated carbocycles. The fourth-order valence-corrected chi connectivity index (χ4v) is 6.86. The number of nitrogens with one attached hydrogen (secondary N) is 1. The van der Waals surface area contributed by atoms with E-state index in [0.29, 0.717) is 17.4 Å². The number of rotatable bonds is 7. The van der Waals surface area contributed by atoms with Crippen LogP contribution in [0.1, 0.15) is 45.1 Å². The molecule has 38 heavy (non-hydrogen) atoms. The monoisotopic (exact) mass is 536 g/mol. The first-order valence-corrected chi connectivity index (χ1v) is 14.3. The molecule has 2 fully saturated rings. The highest BCUT2D eigenvalue weighted by Gasteiger charge is 2.29. The third kappa shape index (κ3) is 4.78. The lowest BCUT2D eigenvalue weighted by Crippen LogP contribution is -2.53. The molecule has 2 aliphatic rings. The maximum atomic E-state index is 5.59. The Kier molecular flexibility index (Phi) is 7.07. The molecular weight excluding hydrogens is 500 g/mol. The summed E-state index contributed by atoms with van der Waals surface area (Å²) in [4.78, 5) is 14.3. The number of piperazine rings is 1. The fourth-order valence-electron chi connectivity index (χ4n) is 5.81. The molecule has 1 atom stereocenters. The Balaban J connectivity index is 1.23. The summed E-state index contributed by atoms with van der Waals surface area (Å²) in [5.41, 5.74) is 4.65. The van der Waals surface area contributed by atoms with Crippen LogP contribution in [0.4, 0.5) is 5.00 Å². The van der Waals surface area contributed by atoms with Gasteiger partial charge >= 0.3 is 0 Å². The van der Waals surface area contributed by atoms with Crippen LogP contribution < -0.4 is 9.64 Å². The number of hydrogen-bond donors (Lipinski definition) is 1. The van der Waals surface area contributed by atoms with Gasteiger partial charge in [0.25, 0.3) is 0 Å². The van der Waals surface area contributed by atoms with Crippen molar-refractivity contribution in [2.75, 3.05) is 51.4 Å². The summed E-state index contributed by atoms with van der Waals surface area (Å²) in [6, 6.07) is 2.43. The lowest BCUT2D eigenvalue weighted by Gasteiger charge is -2.41. The first-order valence-electron chi connectivity index (χ1n) is 13.5. The van der Waals surface area contributed by atoms with Crippen molar-refractivity contribution >= 4 is 22.0 Å². The van der Waals surface area contributed by atoms with E-state index in [1.165, 1.54) is 30.7 Å². The van der Waals surface area contributed by atoms with Gasteiger partial charge in [-0.2, -0.15) is 10.2 Å². The average Bonchev–Trinajstić information content (AvgIpc) is 3.68. The van der Waals surface area contributed by atoms with Crippen LogP contribution in [0, 0.1) is 5.92 Å². The summed E-state index contributed by atoms with van der Waals surface area (Å²) in [6.45, 7) is 12.9. The number of ether oxygens (including phenoxy) is 2. The van der Waals surface area contributed by atoms with Crippen molar-refractivity contribution in [3.63, 3.8) is 0 Å². The van der Waals surface area contributed by atoms with Gasteiger partial charge in [0.05, 0.1) is 19.0 Å². The Morgan fingerprint density at radius 3 is 2.82 bits per heavy atom. The summed E-state index contributed by atoms with van der Waals surface area (Å²) < 4.78 is 12.9. The summed E-state index contributed by atoms with van der Waals surface area (Å²) >= 11 is 1.73. The number of nitrogens with zero attached hydrogens (tertiary/aromatic N) is 7. The van der Waals surface area contributed by atoms with Crippen LogP contribution in [-0.4, -0.2) is 87.2 Å². The maximum absolute atomic E-state index is 5.59. The predicted molar refractivity (Wildman–Crippen MR) is 149 cm³/mol. The van der Waals surface area contributed by atoms with Crippen LogP contribution in [0.2, 0.25) is 0 Å². The molecule has 0 spiro atoms. The molecular formula is C27H36N8O2S. The molecule has 11 heteroatoms. The molecule has 0 radical (unpaired) electrons. The minimum absolute atomic E-state index is 0.246. The summed E-state index contributed by atoms with van der Waals surface area (Å²) in [5.74, 6) is 1.69. The van der Waals surface area contributed by atoms with E-state index < -0.39 is 0 Å². The van der Waals surface area contributed by atoms with Crippen LogP contribution in [0.5, 0.6) is 5.75 Å². The van der Waals surface area contributed by atoms with Gasteiger partial charge in [-0.25, -0.2) is 14.5 Å². The molecule has 0 aliphatic carbocycles. The highest BCUT2D eigenvalue weighted by Crippen LogP contribution is 2.40. The predicted octanol–water partition coefficient (Wildman–Crippen LogP) is 4.31. The summed E-state index contributed by atoms with van der Waals surface area (Å²) in [6.07, 6.45) is 7.90. The minimum Gasteiger partial charge on any atom is -0.493 e. The standard InChI is InChI=1S/C27H36N8O2S/c1-17(2)23-24(20-11-21(36-4)26-29-16-30-35(26)15-20)31-32-25(23)27-28-12-22(38-27)34-8-7-33(13-18(34)3)14-19-5-9-37-10-6-19/h11-12,15-19H,5-10,13-14H2,1-4H3,(H,31,32)/t18-/m1/s1. The lowest BCUT2D eigenvalue weighted by atomic mass is 9.97. The Morgan fingerprint density at radius 1 is 1.21 bits per heavy atom. The van der Waals surface area contributed by atoms with Crippen molar-refractivity contribution in [1.29, 1.82) is 0 Å². The zero-order chi connectivity index (χ0) is 26.2. The molecule has 10 nitrogen and oxygen atoms in total. The number of thiazole rings is 1. The fraction of sp³-hybridized carbons (Fsp3) is 0.556. The molecule has 202 valence electrons. The highest BCUT2D eigenvalue weighted by molar-refractivity contribution is 7.18. The van der Waals surface area contributed by atoms with E-state index in [0.717, 1.165) is 66.3 Å². The second-order valence-corrected chi connectivity index (χ2v) is 11.7. The number of fused-ring (bicyclic) bond motifs is 1. The zero-order valence-electron chi connectivity index (χ0n) is 22.6. The number of aromatic nitrogens is 6. The van der Waals surface area contributed by atoms with Crippen molar-refractivity contribution < 1.29 is 9.47 Å². The van der Waals surface area contributed by atoms with Crippen molar-refractivity contribution in [3.05, 3.63) is 30.4 Å². The van der Waals surface area contributed by atoms with Crippen LogP contribution in [0.25, 0.3) is 27.6 Å². The van der Waals surface area contributed by atoms with Crippen molar-refractivity contribution in [2.45, 2.75) is 45.6 Å². The second-order valence-electron chi connectivity index (χ2n) is 10.7. The van der Waals surface area contributed by atoms with E-state index in [4.69, 9.17) is 19.6 Å². The highest BCUT2D eigenvalue weighted by atomic mass is 32.1. The van der Waals surface area contributed by atoms with Crippen LogP contribution >= 0.6 is 11.3 Å². The Hall–Kier alpha value is -3.02. The van der Waals surface area contributed by atoms with Gasteiger partial charge in [0.1, 0.15) is 22.0 Å². The average molecular weight is 537 g/mol. The van der Waals surface area contributed by atoms with E-state index in [1.54, 1.807) is 23.0 Å². The molecule has 6 rings (SSSR count). The molecule has 6 heterocycles. The van der Waals surface area contributed by atoms with Gasteiger partial charge in [-0.3, -0.25) is 10.00 Å². The van der Waals surface area contributed by atoms with Crippen molar-refractivity contribution in [3.8, 4) is 27.7 Å². The number of pyridine rings is 1. The third-order valence-corrected chi connectivity index (χ3v) is 8.82. The zero-order valence-corrected chi connectivity index (χ0v) is 23.4. The van der Waals surface area contributed by atoms with Crippen LogP contribution in [-0.2, 0) is 4.74 Å². The third-order valence-electron chi connectivity index (χ3n) is 7.78. The van der Waals surface area contributed by atoms with Crippen LogP contribution in [0.15, 0.2) is 24.8 Å². The second kappa shape index (κ2) is 10.6. The normalized spacial score (nSPS) is 19.6. The molecule has 2 saturated heterocycles. The topological polar surface area (TPSA) is 96.7 Å². The summed E-state index contributed by atoms with van der Waals surface area (Å²) in [5, 5.41) is 14.5. The number of H-pyrrole nitrogens is 1. The van der Waals surface area contributed by atoms with Crippen molar-refractivity contribution in [2.24, 2.45) is 5.92 Å². The van der Waals surface area contributed by atoms with E-state index in [1.807, 2.05) is 18.5 Å². The van der Waals surface area contributed by atoms with Gasteiger partial charge < -0.3 is 14.4 Å². The lowest BCUT2D eigenvalue weighted by molar-refractivity contribution is 0.0500. The maximum Gasteiger partial charge on any atom is 0.197 e. The number of hydrogen-bond acceptors (Lipinski definition) is 9. The molecule has 0 amide bonds. The SMILES string of the molecule is COc1cc(-c2[nH]nc(-c3ncc(N4CCN(CC5CCOCC5)C[C@H]4C)s3)c2C(C)C)cn2ncnc12. The Morgan fingerprint density at radius 2 is 2.05 bits per heavy atom. The molecule has 1 N–H and O–H groups in total. The molecule has 2 aliphatic heterocycles. The molecule has 4 aromatic heterocycles. The Labute approximate surface area is 227 Å². The van der Waals surface area contributed by atoms with Gasteiger partial charge in [0, 0.05) is 62.8 Å². The van der Waals surface area contributed by atoms with Gasteiger partial charge in [-0.05, 0) is 37.7 Å². The largest absolute Gasteiger partial charge is 0.493 e. The quantitative estimate of drug-likeness (QED) is 0.373. The van der Waals surface area contributed by atoms with Crippen LogP contribution in [0.3, 0.4) is 0 Å². The number of anilines is 1. The first kappa shape index (κ1) is 25.3. The van der Waals surface area contributed by atoms with E-state index in [9.17, 15) is 0 Å². The van der Waals surface area contributed by atoms with Gasteiger partial charge in [-0.15, -0.1) is 0 Å². The van der Waals surface area contributed by atoms with Gasteiger partial charge in [0.15, 0.2) is 11.4 Å². The smallest absolute Gasteiger partial charge is 0.197 e. The van der Waals surface area contributed by atoms with E-state index >= 15 is 0 Å². The first-order chi connectivity index (χ1) is 18.5. The minimum atomic E-state index is 0.246. The van der Waals surface area contributed by atoms with Gasteiger partial charge in [0.2, 0.25) is 0 Å².